The SMILES string of the molecule is CNCCC(=O)Nc1cc(S(=O)(=O)N(C)C)ccc1N(C)C.Cl. The maximum absolute atomic E-state index is 12.2. The summed E-state index contributed by atoms with van der Waals surface area (Å²) in [6, 6.07) is 4.71. The van der Waals surface area contributed by atoms with Gasteiger partial charge in [-0.25, -0.2) is 12.7 Å². The number of rotatable bonds is 7. The third-order valence-electron chi connectivity index (χ3n) is 3.10. The van der Waals surface area contributed by atoms with E-state index in [-0.39, 0.29) is 23.2 Å². The molecule has 0 aliphatic heterocycles. The van der Waals surface area contributed by atoms with Gasteiger partial charge in [0.1, 0.15) is 0 Å². The highest BCUT2D eigenvalue weighted by molar-refractivity contribution is 7.89. The molecular formula is C14H25ClN4O3S. The molecule has 1 rings (SSSR count). The van der Waals surface area contributed by atoms with E-state index in [1.54, 1.807) is 13.1 Å². The minimum absolute atomic E-state index is 0. The topological polar surface area (TPSA) is 81.8 Å². The molecule has 0 bridgehead atoms. The number of nitrogens with zero attached hydrogens (tertiary/aromatic N) is 2. The van der Waals surface area contributed by atoms with E-state index in [4.69, 9.17) is 0 Å². The van der Waals surface area contributed by atoms with Crippen LogP contribution in [0, 0.1) is 0 Å². The first-order valence-electron chi connectivity index (χ1n) is 6.88. The van der Waals surface area contributed by atoms with Crippen LogP contribution in [0.4, 0.5) is 11.4 Å². The summed E-state index contributed by atoms with van der Waals surface area (Å²) in [5.41, 5.74) is 1.23. The molecule has 0 spiro atoms. The maximum atomic E-state index is 12.2. The third-order valence-corrected chi connectivity index (χ3v) is 4.92. The predicted molar refractivity (Wildman–Crippen MR) is 96.1 cm³/mol. The van der Waals surface area contributed by atoms with Crippen molar-refractivity contribution in [1.29, 1.82) is 0 Å². The highest BCUT2D eigenvalue weighted by Gasteiger charge is 2.19. The Morgan fingerprint density at radius 1 is 1.17 bits per heavy atom. The summed E-state index contributed by atoms with van der Waals surface area (Å²) in [4.78, 5) is 13.9. The van der Waals surface area contributed by atoms with Crippen LogP contribution in [0.5, 0.6) is 0 Å². The second-order valence-corrected chi connectivity index (χ2v) is 7.41. The Morgan fingerprint density at radius 3 is 2.26 bits per heavy atom. The minimum atomic E-state index is -3.54. The molecule has 0 atom stereocenters. The van der Waals surface area contributed by atoms with Gasteiger partial charge in [0.25, 0.3) is 0 Å². The zero-order valence-corrected chi connectivity index (χ0v) is 15.7. The standard InChI is InChI=1S/C14H24N4O3S.ClH/c1-15-9-8-14(19)16-12-10-11(22(20,21)18(4)5)6-7-13(12)17(2)3;/h6-7,10,15H,8-9H2,1-5H3,(H,16,19);1H. The molecular weight excluding hydrogens is 340 g/mol. The van der Waals surface area contributed by atoms with Crippen LogP contribution in [-0.4, -0.2) is 60.4 Å². The fourth-order valence-electron chi connectivity index (χ4n) is 1.83. The lowest BCUT2D eigenvalue weighted by Crippen LogP contribution is -2.24. The molecule has 0 heterocycles. The number of amides is 1. The molecule has 9 heteroatoms. The van der Waals surface area contributed by atoms with E-state index in [0.717, 1.165) is 9.99 Å². The molecule has 0 aliphatic rings. The minimum Gasteiger partial charge on any atom is -0.376 e. The quantitative estimate of drug-likeness (QED) is 0.753. The lowest BCUT2D eigenvalue weighted by Gasteiger charge is -2.20. The van der Waals surface area contributed by atoms with Crippen LogP contribution in [-0.2, 0) is 14.8 Å². The van der Waals surface area contributed by atoms with Crippen molar-refractivity contribution in [3.8, 4) is 0 Å². The van der Waals surface area contributed by atoms with Crippen LogP contribution in [0.3, 0.4) is 0 Å². The summed E-state index contributed by atoms with van der Waals surface area (Å²) in [5, 5.41) is 5.67. The molecule has 1 amide bonds. The predicted octanol–water partition coefficient (Wildman–Crippen LogP) is 0.973. The van der Waals surface area contributed by atoms with Gasteiger partial charge in [-0.3, -0.25) is 4.79 Å². The van der Waals surface area contributed by atoms with E-state index < -0.39 is 10.0 Å². The Kier molecular flexibility index (Phi) is 8.54. The van der Waals surface area contributed by atoms with Crippen molar-refractivity contribution in [2.45, 2.75) is 11.3 Å². The zero-order valence-electron chi connectivity index (χ0n) is 14.1. The maximum Gasteiger partial charge on any atom is 0.242 e. The van der Waals surface area contributed by atoms with E-state index >= 15 is 0 Å². The molecule has 0 saturated heterocycles. The molecule has 0 radical (unpaired) electrons. The van der Waals surface area contributed by atoms with E-state index in [1.807, 2.05) is 19.0 Å². The van der Waals surface area contributed by atoms with Crippen molar-refractivity contribution in [3.05, 3.63) is 18.2 Å². The molecule has 1 aromatic rings. The summed E-state index contributed by atoms with van der Waals surface area (Å²) >= 11 is 0. The molecule has 132 valence electrons. The molecule has 0 saturated carbocycles. The van der Waals surface area contributed by atoms with Crippen LogP contribution in [0.15, 0.2) is 23.1 Å². The van der Waals surface area contributed by atoms with E-state index in [0.29, 0.717) is 18.7 Å². The number of sulfonamides is 1. The van der Waals surface area contributed by atoms with Crippen molar-refractivity contribution in [2.75, 3.05) is 52.0 Å². The molecule has 2 N–H and O–H groups in total. The Morgan fingerprint density at radius 2 is 1.78 bits per heavy atom. The zero-order chi connectivity index (χ0) is 16.9. The number of carbonyl (C=O) groups is 1. The normalized spacial score (nSPS) is 11.0. The first-order valence-corrected chi connectivity index (χ1v) is 8.32. The largest absolute Gasteiger partial charge is 0.376 e. The van der Waals surface area contributed by atoms with Crippen molar-refractivity contribution in [3.63, 3.8) is 0 Å². The molecule has 0 aromatic heterocycles. The summed E-state index contributed by atoms with van der Waals surface area (Å²) in [6.45, 7) is 0.554. The Hall–Kier alpha value is -1.35. The van der Waals surface area contributed by atoms with Gasteiger partial charge >= 0.3 is 0 Å². The summed E-state index contributed by atoms with van der Waals surface area (Å²) in [7, 11) is 4.83. The second kappa shape index (κ2) is 9.07. The van der Waals surface area contributed by atoms with Crippen molar-refractivity contribution < 1.29 is 13.2 Å². The van der Waals surface area contributed by atoms with Gasteiger partial charge in [-0.1, -0.05) is 0 Å². The van der Waals surface area contributed by atoms with Crippen LogP contribution in [0.1, 0.15) is 6.42 Å². The average molecular weight is 365 g/mol. The van der Waals surface area contributed by atoms with E-state index in [9.17, 15) is 13.2 Å². The second-order valence-electron chi connectivity index (χ2n) is 5.26. The number of hydrogen-bond donors (Lipinski definition) is 2. The Labute approximate surface area is 144 Å². The first kappa shape index (κ1) is 21.6. The van der Waals surface area contributed by atoms with Crippen molar-refractivity contribution in [2.24, 2.45) is 0 Å². The number of carbonyl (C=O) groups excluding carboxylic acids is 1. The van der Waals surface area contributed by atoms with Gasteiger partial charge in [0.15, 0.2) is 0 Å². The summed E-state index contributed by atoms with van der Waals surface area (Å²) in [6.07, 6.45) is 0.314. The van der Waals surface area contributed by atoms with Crippen molar-refractivity contribution in [1.82, 2.24) is 9.62 Å². The van der Waals surface area contributed by atoms with Gasteiger partial charge in [0, 0.05) is 41.2 Å². The van der Waals surface area contributed by atoms with Gasteiger partial charge in [-0.2, -0.15) is 0 Å². The lowest BCUT2D eigenvalue weighted by atomic mass is 10.2. The van der Waals surface area contributed by atoms with Gasteiger partial charge < -0.3 is 15.5 Å². The van der Waals surface area contributed by atoms with Gasteiger partial charge in [-0.15, -0.1) is 12.4 Å². The molecule has 7 nitrogen and oxygen atoms in total. The molecule has 0 aliphatic carbocycles. The number of anilines is 2. The van der Waals surface area contributed by atoms with Crippen LogP contribution >= 0.6 is 12.4 Å². The molecule has 0 unspecified atom stereocenters. The number of hydrogen-bond acceptors (Lipinski definition) is 5. The molecule has 1 aromatic carbocycles. The van der Waals surface area contributed by atoms with Gasteiger partial charge in [0.05, 0.1) is 16.3 Å². The third kappa shape index (κ3) is 5.65. The van der Waals surface area contributed by atoms with E-state index in [1.165, 1.54) is 26.2 Å². The number of nitrogens with one attached hydrogen (secondary N) is 2. The smallest absolute Gasteiger partial charge is 0.242 e. The van der Waals surface area contributed by atoms with Crippen LogP contribution in [0.2, 0.25) is 0 Å². The fourth-order valence-corrected chi connectivity index (χ4v) is 2.76. The van der Waals surface area contributed by atoms with Gasteiger partial charge in [0.2, 0.25) is 15.9 Å². The van der Waals surface area contributed by atoms with Crippen LogP contribution in [0.25, 0.3) is 0 Å². The van der Waals surface area contributed by atoms with Gasteiger partial charge in [-0.05, 0) is 25.2 Å². The first-order chi connectivity index (χ1) is 10.2. The average Bonchev–Trinajstić information content (AvgIpc) is 2.44. The number of benzene rings is 1. The van der Waals surface area contributed by atoms with Crippen molar-refractivity contribution >= 4 is 39.7 Å². The molecule has 23 heavy (non-hydrogen) atoms. The Balaban J connectivity index is 0.00000484. The highest BCUT2D eigenvalue weighted by atomic mass is 35.5. The lowest BCUT2D eigenvalue weighted by molar-refractivity contribution is -0.116. The highest BCUT2D eigenvalue weighted by Crippen LogP contribution is 2.28. The molecule has 0 fully saturated rings. The summed E-state index contributed by atoms with van der Waals surface area (Å²) in [5.74, 6) is -0.170. The summed E-state index contributed by atoms with van der Waals surface area (Å²) < 4.78 is 25.6. The van der Waals surface area contributed by atoms with Crippen LogP contribution < -0.4 is 15.5 Å². The van der Waals surface area contributed by atoms with E-state index in [2.05, 4.69) is 10.6 Å². The monoisotopic (exact) mass is 364 g/mol. The Bertz CT molecular complexity index is 633. The fraction of sp³-hybridized carbons (Fsp3) is 0.500. The number of halogens is 1.